The van der Waals surface area contributed by atoms with E-state index in [1.165, 1.54) is 24.9 Å². The molecule has 0 radical (unpaired) electrons. The molecule has 0 unspecified atom stereocenters. The second-order valence-electron chi connectivity index (χ2n) is 5.08. The van der Waals surface area contributed by atoms with Gasteiger partial charge in [0.05, 0.1) is 7.11 Å². The molecular weight excluding hydrogens is 354 g/mol. The standard InChI is InChI=1S/C15H18F2N4O3S/c1-21-13(6-5-12(18)22)19-20-15(21)25-8-9-3-4-10(24-14(16)17)11(7-9)23-2/h3-4,7,14H,5-6,8H2,1-2H3,(H2,18,22). The number of methoxy groups -OCH3 is 1. The van der Waals surface area contributed by atoms with Crippen LogP contribution in [-0.4, -0.2) is 34.4 Å². The molecule has 7 nitrogen and oxygen atoms in total. The van der Waals surface area contributed by atoms with Gasteiger partial charge in [0, 0.05) is 25.6 Å². The number of nitrogens with zero attached hydrogens (tertiary/aromatic N) is 3. The van der Waals surface area contributed by atoms with E-state index in [1.807, 2.05) is 0 Å². The number of rotatable bonds is 9. The van der Waals surface area contributed by atoms with Gasteiger partial charge in [0.15, 0.2) is 16.7 Å². The average molecular weight is 372 g/mol. The molecule has 25 heavy (non-hydrogen) atoms. The van der Waals surface area contributed by atoms with Crippen LogP contribution in [0.25, 0.3) is 0 Å². The number of alkyl halides is 2. The first kappa shape index (κ1) is 19.0. The number of ether oxygens (including phenoxy) is 2. The van der Waals surface area contributed by atoms with Crippen molar-refractivity contribution >= 4 is 17.7 Å². The molecule has 2 N–H and O–H groups in total. The zero-order valence-electron chi connectivity index (χ0n) is 13.7. The van der Waals surface area contributed by atoms with Crippen LogP contribution in [0.4, 0.5) is 8.78 Å². The van der Waals surface area contributed by atoms with Crippen molar-refractivity contribution in [1.82, 2.24) is 14.8 Å². The number of carbonyl (C=O) groups is 1. The maximum Gasteiger partial charge on any atom is 0.387 e. The number of hydrogen-bond acceptors (Lipinski definition) is 6. The largest absolute Gasteiger partial charge is 0.493 e. The highest BCUT2D eigenvalue weighted by molar-refractivity contribution is 7.98. The van der Waals surface area contributed by atoms with Crippen LogP contribution < -0.4 is 15.2 Å². The number of carbonyl (C=O) groups excluding carboxylic acids is 1. The Kier molecular flexibility index (Phi) is 6.57. The van der Waals surface area contributed by atoms with E-state index >= 15 is 0 Å². The van der Waals surface area contributed by atoms with Crippen LogP contribution in [0.2, 0.25) is 0 Å². The van der Waals surface area contributed by atoms with Crippen molar-refractivity contribution in [1.29, 1.82) is 0 Å². The topological polar surface area (TPSA) is 92.3 Å². The van der Waals surface area contributed by atoms with Gasteiger partial charge >= 0.3 is 6.61 Å². The van der Waals surface area contributed by atoms with E-state index in [9.17, 15) is 13.6 Å². The van der Waals surface area contributed by atoms with E-state index in [4.69, 9.17) is 10.5 Å². The fourth-order valence-electron chi connectivity index (χ4n) is 2.07. The molecule has 0 aliphatic carbocycles. The minimum absolute atomic E-state index is 0.0151. The molecule has 1 aromatic heterocycles. The van der Waals surface area contributed by atoms with E-state index in [-0.39, 0.29) is 17.9 Å². The van der Waals surface area contributed by atoms with Crippen LogP contribution in [0, 0.1) is 0 Å². The number of benzene rings is 1. The Morgan fingerprint density at radius 1 is 1.36 bits per heavy atom. The minimum Gasteiger partial charge on any atom is -0.493 e. The lowest BCUT2D eigenvalue weighted by Gasteiger charge is -2.11. The first-order valence-electron chi connectivity index (χ1n) is 7.31. The number of amides is 1. The van der Waals surface area contributed by atoms with E-state index in [0.29, 0.717) is 23.2 Å². The SMILES string of the molecule is COc1cc(CSc2nnc(CCC(N)=O)n2C)ccc1OC(F)F. The lowest BCUT2D eigenvalue weighted by Crippen LogP contribution is -2.12. The minimum atomic E-state index is -2.91. The Labute approximate surface area is 147 Å². The molecule has 136 valence electrons. The summed E-state index contributed by atoms with van der Waals surface area (Å²) in [5, 5.41) is 8.79. The summed E-state index contributed by atoms with van der Waals surface area (Å²) in [7, 11) is 3.19. The Morgan fingerprint density at radius 3 is 2.76 bits per heavy atom. The van der Waals surface area contributed by atoms with Gasteiger partial charge in [0.25, 0.3) is 0 Å². The Balaban J connectivity index is 2.02. The van der Waals surface area contributed by atoms with E-state index in [0.717, 1.165) is 5.56 Å². The van der Waals surface area contributed by atoms with Gasteiger partial charge in [-0.3, -0.25) is 4.79 Å². The summed E-state index contributed by atoms with van der Waals surface area (Å²) in [5.74, 6) is 1.03. The first-order chi connectivity index (χ1) is 11.9. The van der Waals surface area contributed by atoms with Crippen molar-refractivity contribution < 1.29 is 23.0 Å². The summed E-state index contributed by atoms with van der Waals surface area (Å²) < 4.78 is 35.9. The van der Waals surface area contributed by atoms with Gasteiger partial charge in [-0.1, -0.05) is 17.8 Å². The quantitative estimate of drug-likeness (QED) is 0.678. The molecule has 0 saturated carbocycles. The summed E-state index contributed by atoms with van der Waals surface area (Å²) in [6, 6.07) is 4.75. The molecule has 2 rings (SSSR count). The summed E-state index contributed by atoms with van der Waals surface area (Å²) >= 11 is 1.42. The Hall–Kier alpha value is -2.36. The molecule has 0 aliphatic heterocycles. The number of nitrogens with two attached hydrogens (primary N) is 1. The number of thioether (sulfide) groups is 1. The van der Waals surface area contributed by atoms with Gasteiger partial charge in [-0.2, -0.15) is 8.78 Å². The zero-order chi connectivity index (χ0) is 18.4. The fraction of sp³-hybridized carbons (Fsp3) is 0.400. The van der Waals surface area contributed by atoms with E-state index in [1.54, 1.807) is 23.7 Å². The molecule has 0 fully saturated rings. The fourth-order valence-corrected chi connectivity index (χ4v) is 2.94. The third-order valence-electron chi connectivity index (χ3n) is 3.33. The molecule has 0 atom stereocenters. The number of primary amides is 1. The van der Waals surface area contributed by atoms with Crippen LogP contribution in [-0.2, 0) is 24.0 Å². The molecule has 0 bridgehead atoms. The first-order valence-corrected chi connectivity index (χ1v) is 8.30. The van der Waals surface area contributed by atoms with Crippen LogP contribution in [0.15, 0.2) is 23.4 Å². The molecule has 0 aliphatic rings. The summed E-state index contributed by atoms with van der Waals surface area (Å²) in [6.07, 6.45) is 0.631. The Morgan fingerprint density at radius 2 is 2.12 bits per heavy atom. The smallest absolute Gasteiger partial charge is 0.387 e. The molecule has 1 aromatic carbocycles. The van der Waals surface area contributed by atoms with Crippen molar-refractivity contribution in [2.24, 2.45) is 12.8 Å². The molecule has 2 aromatic rings. The second kappa shape index (κ2) is 8.65. The molecule has 0 saturated heterocycles. The summed E-state index contributed by atoms with van der Waals surface area (Å²) in [4.78, 5) is 10.8. The highest BCUT2D eigenvalue weighted by atomic mass is 32.2. The molecular formula is C15H18F2N4O3S. The number of aryl methyl sites for hydroxylation is 1. The van der Waals surface area contributed by atoms with Gasteiger partial charge < -0.3 is 19.8 Å². The van der Waals surface area contributed by atoms with Gasteiger partial charge in [-0.15, -0.1) is 10.2 Å². The molecule has 0 spiro atoms. The van der Waals surface area contributed by atoms with E-state index < -0.39 is 12.5 Å². The van der Waals surface area contributed by atoms with Crippen LogP contribution in [0.3, 0.4) is 0 Å². The van der Waals surface area contributed by atoms with Crippen molar-refractivity contribution in [2.75, 3.05) is 7.11 Å². The van der Waals surface area contributed by atoms with Crippen LogP contribution in [0.1, 0.15) is 17.8 Å². The number of halogens is 2. The predicted molar refractivity (Wildman–Crippen MR) is 87.7 cm³/mol. The maximum absolute atomic E-state index is 12.3. The van der Waals surface area contributed by atoms with Gasteiger partial charge in [0.1, 0.15) is 5.82 Å². The van der Waals surface area contributed by atoms with Crippen molar-refractivity contribution in [3.63, 3.8) is 0 Å². The van der Waals surface area contributed by atoms with Crippen LogP contribution >= 0.6 is 11.8 Å². The highest BCUT2D eigenvalue weighted by Crippen LogP contribution is 2.31. The monoisotopic (exact) mass is 372 g/mol. The number of aromatic nitrogens is 3. The van der Waals surface area contributed by atoms with Crippen molar-refractivity contribution in [3.8, 4) is 11.5 Å². The lowest BCUT2D eigenvalue weighted by atomic mass is 10.2. The normalized spacial score (nSPS) is 10.9. The van der Waals surface area contributed by atoms with Crippen molar-refractivity contribution in [3.05, 3.63) is 29.6 Å². The van der Waals surface area contributed by atoms with E-state index in [2.05, 4.69) is 14.9 Å². The predicted octanol–water partition coefficient (Wildman–Crippen LogP) is 2.14. The second-order valence-corrected chi connectivity index (χ2v) is 6.02. The van der Waals surface area contributed by atoms with Gasteiger partial charge in [0.2, 0.25) is 5.91 Å². The average Bonchev–Trinajstić information content (AvgIpc) is 2.91. The molecule has 1 amide bonds. The van der Waals surface area contributed by atoms with Crippen molar-refractivity contribution in [2.45, 2.75) is 30.4 Å². The molecule has 10 heteroatoms. The van der Waals surface area contributed by atoms with Gasteiger partial charge in [-0.05, 0) is 17.7 Å². The lowest BCUT2D eigenvalue weighted by molar-refractivity contribution is -0.118. The third-order valence-corrected chi connectivity index (χ3v) is 4.42. The highest BCUT2D eigenvalue weighted by Gasteiger charge is 2.13. The summed E-state index contributed by atoms with van der Waals surface area (Å²) in [6.45, 7) is -2.91. The molecule has 1 heterocycles. The van der Waals surface area contributed by atoms with Gasteiger partial charge in [-0.25, -0.2) is 0 Å². The zero-order valence-corrected chi connectivity index (χ0v) is 14.6. The maximum atomic E-state index is 12.3. The number of hydrogen-bond donors (Lipinski definition) is 1. The third kappa shape index (κ3) is 5.31. The van der Waals surface area contributed by atoms with Crippen LogP contribution in [0.5, 0.6) is 11.5 Å². The summed E-state index contributed by atoms with van der Waals surface area (Å²) in [5.41, 5.74) is 5.98. The Bertz CT molecular complexity index is 740.